The third kappa shape index (κ3) is 4.55. The minimum atomic E-state index is -0.906. The Morgan fingerprint density at radius 2 is 1.52 bits per heavy atom. The van der Waals surface area contributed by atoms with E-state index in [1.807, 2.05) is 24.3 Å². The van der Waals surface area contributed by atoms with Gasteiger partial charge in [0.1, 0.15) is 0 Å². The molecule has 4 heteroatoms. The van der Waals surface area contributed by atoms with Gasteiger partial charge in [0.15, 0.2) is 0 Å². The standard InChI is InChI=1S/C23H37NO3/c1-4-7-14-20(25)23(16-9-6-3,21(26)15-8-5-2)24-17-18-12-10-11-13-19(18)22(24)27/h10-13,20-21,25-26H,4-9,14-17H2,1-3H3. The van der Waals surface area contributed by atoms with Crippen LogP contribution in [0.3, 0.4) is 0 Å². The summed E-state index contributed by atoms with van der Waals surface area (Å²) in [5.74, 6) is -0.0483. The van der Waals surface area contributed by atoms with E-state index >= 15 is 0 Å². The van der Waals surface area contributed by atoms with Gasteiger partial charge in [-0.25, -0.2) is 0 Å². The van der Waals surface area contributed by atoms with Crippen LogP contribution in [0.4, 0.5) is 0 Å². The average molecular weight is 376 g/mol. The topological polar surface area (TPSA) is 60.8 Å². The van der Waals surface area contributed by atoms with Gasteiger partial charge in [-0.2, -0.15) is 0 Å². The summed E-state index contributed by atoms with van der Waals surface area (Å²) < 4.78 is 0. The van der Waals surface area contributed by atoms with Crippen molar-refractivity contribution < 1.29 is 15.0 Å². The molecular formula is C23H37NO3. The van der Waals surface area contributed by atoms with Gasteiger partial charge in [-0.15, -0.1) is 0 Å². The van der Waals surface area contributed by atoms with E-state index in [4.69, 9.17) is 0 Å². The Bertz CT molecular complexity index is 587. The van der Waals surface area contributed by atoms with Crippen molar-refractivity contribution in [2.75, 3.05) is 0 Å². The molecule has 1 aliphatic heterocycles. The normalized spacial score (nSPS) is 18.3. The van der Waals surface area contributed by atoms with Gasteiger partial charge in [0.2, 0.25) is 0 Å². The molecule has 0 saturated heterocycles. The number of carbonyl (C=O) groups is 1. The van der Waals surface area contributed by atoms with Crippen LogP contribution in [0.15, 0.2) is 24.3 Å². The van der Waals surface area contributed by atoms with E-state index in [2.05, 4.69) is 20.8 Å². The maximum Gasteiger partial charge on any atom is 0.255 e. The largest absolute Gasteiger partial charge is 0.391 e. The number of aliphatic hydroxyl groups excluding tert-OH is 2. The van der Waals surface area contributed by atoms with Gasteiger partial charge in [-0.05, 0) is 30.9 Å². The Morgan fingerprint density at radius 1 is 0.963 bits per heavy atom. The second-order valence-corrected chi connectivity index (χ2v) is 7.96. The summed E-state index contributed by atoms with van der Waals surface area (Å²) in [4.78, 5) is 15.1. The summed E-state index contributed by atoms with van der Waals surface area (Å²) in [6.07, 6.45) is 6.05. The number of fused-ring (bicyclic) bond motifs is 1. The Labute approximate surface area is 164 Å². The molecule has 1 aromatic rings. The van der Waals surface area contributed by atoms with Gasteiger partial charge in [-0.1, -0.05) is 77.5 Å². The number of unbranched alkanes of at least 4 members (excludes halogenated alkanes) is 3. The highest BCUT2D eigenvalue weighted by Gasteiger charge is 2.52. The van der Waals surface area contributed by atoms with Crippen LogP contribution in [0.5, 0.6) is 0 Å². The summed E-state index contributed by atoms with van der Waals surface area (Å²) in [5, 5.41) is 22.6. The Kier molecular flexibility index (Phi) is 8.30. The molecule has 1 aromatic carbocycles. The fraction of sp³-hybridized carbons (Fsp3) is 0.696. The van der Waals surface area contributed by atoms with Crippen LogP contribution in [0.1, 0.15) is 94.5 Å². The molecule has 27 heavy (non-hydrogen) atoms. The highest BCUT2D eigenvalue weighted by atomic mass is 16.3. The number of hydrogen-bond acceptors (Lipinski definition) is 3. The van der Waals surface area contributed by atoms with Crippen LogP contribution in [-0.4, -0.2) is 38.8 Å². The molecule has 1 amide bonds. The second kappa shape index (κ2) is 10.2. The van der Waals surface area contributed by atoms with Gasteiger partial charge >= 0.3 is 0 Å². The number of aliphatic hydroxyl groups is 2. The molecule has 0 aromatic heterocycles. The molecule has 4 nitrogen and oxygen atoms in total. The molecule has 2 unspecified atom stereocenters. The average Bonchev–Trinajstić information content (AvgIpc) is 3.02. The zero-order valence-electron chi connectivity index (χ0n) is 17.3. The summed E-state index contributed by atoms with van der Waals surface area (Å²) >= 11 is 0. The van der Waals surface area contributed by atoms with Crippen molar-refractivity contribution in [3.05, 3.63) is 35.4 Å². The smallest absolute Gasteiger partial charge is 0.255 e. The lowest BCUT2D eigenvalue weighted by molar-refractivity contribution is -0.103. The van der Waals surface area contributed by atoms with E-state index in [0.29, 0.717) is 31.4 Å². The van der Waals surface area contributed by atoms with Crippen LogP contribution in [0.2, 0.25) is 0 Å². The van der Waals surface area contributed by atoms with E-state index in [1.54, 1.807) is 4.90 Å². The van der Waals surface area contributed by atoms with Gasteiger partial charge in [0.25, 0.3) is 5.91 Å². The van der Waals surface area contributed by atoms with E-state index in [1.165, 1.54) is 0 Å². The molecule has 2 atom stereocenters. The third-order valence-electron chi connectivity index (χ3n) is 6.07. The van der Waals surface area contributed by atoms with Crippen molar-refractivity contribution in [2.45, 2.75) is 103 Å². The quantitative estimate of drug-likeness (QED) is 0.558. The molecule has 152 valence electrons. The molecule has 1 heterocycles. The first-order valence-corrected chi connectivity index (χ1v) is 10.8. The lowest BCUT2D eigenvalue weighted by atomic mass is 9.76. The molecule has 0 bridgehead atoms. The molecule has 0 fully saturated rings. The zero-order valence-corrected chi connectivity index (χ0v) is 17.3. The molecular weight excluding hydrogens is 338 g/mol. The summed E-state index contributed by atoms with van der Waals surface area (Å²) in [7, 11) is 0. The van der Waals surface area contributed by atoms with Gasteiger partial charge < -0.3 is 15.1 Å². The number of amides is 1. The molecule has 0 spiro atoms. The predicted octanol–water partition coefficient (Wildman–Crippen LogP) is 4.67. The summed E-state index contributed by atoms with van der Waals surface area (Å²) in [6.45, 7) is 6.79. The van der Waals surface area contributed by atoms with Crippen molar-refractivity contribution in [1.82, 2.24) is 4.90 Å². The molecule has 0 radical (unpaired) electrons. The van der Waals surface area contributed by atoms with Crippen LogP contribution in [-0.2, 0) is 6.54 Å². The SMILES string of the molecule is CCCCC(O)C(CCCC)(C(O)CCCC)N1Cc2ccccc2C1=O. The maximum absolute atomic E-state index is 13.3. The fourth-order valence-electron chi connectivity index (χ4n) is 4.40. The number of nitrogens with zero attached hydrogens (tertiary/aromatic N) is 1. The third-order valence-corrected chi connectivity index (χ3v) is 6.07. The highest BCUT2D eigenvalue weighted by Crippen LogP contribution is 2.40. The Hall–Kier alpha value is -1.39. The molecule has 2 rings (SSSR count). The van der Waals surface area contributed by atoms with E-state index < -0.39 is 17.7 Å². The van der Waals surface area contributed by atoms with Gasteiger partial charge in [0.05, 0.1) is 17.7 Å². The maximum atomic E-state index is 13.3. The first-order chi connectivity index (χ1) is 13.0. The number of carbonyl (C=O) groups excluding carboxylic acids is 1. The Morgan fingerprint density at radius 3 is 2.04 bits per heavy atom. The summed E-state index contributed by atoms with van der Waals surface area (Å²) in [6, 6.07) is 7.67. The van der Waals surface area contributed by atoms with E-state index in [0.717, 1.165) is 44.1 Å². The van der Waals surface area contributed by atoms with Crippen LogP contribution < -0.4 is 0 Å². The zero-order chi connectivity index (χ0) is 19.9. The lowest BCUT2D eigenvalue weighted by Gasteiger charge is -2.49. The van der Waals surface area contributed by atoms with Crippen molar-refractivity contribution in [3.63, 3.8) is 0 Å². The van der Waals surface area contributed by atoms with Crippen LogP contribution in [0.25, 0.3) is 0 Å². The number of benzene rings is 1. The van der Waals surface area contributed by atoms with E-state index in [-0.39, 0.29) is 5.91 Å². The molecule has 2 N–H and O–H groups in total. The van der Waals surface area contributed by atoms with Gasteiger partial charge in [0, 0.05) is 12.1 Å². The lowest BCUT2D eigenvalue weighted by Crippen LogP contribution is -2.64. The predicted molar refractivity (Wildman–Crippen MR) is 110 cm³/mol. The molecule has 1 aliphatic rings. The van der Waals surface area contributed by atoms with Crippen molar-refractivity contribution in [3.8, 4) is 0 Å². The number of rotatable bonds is 12. The van der Waals surface area contributed by atoms with Crippen LogP contribution in [0, 0.1) is 0 Å². The first kappa shape index (κ1) is 21.9. The van der Waals surface area contributed by atoms with Gasteiger partial charge in [-0.3, -0.25) is 4.79 Å². The van der Waals surface area contributed by atoms with Crippen molar-refractivity contribution >= 4 is 5.91 Å². The molecule has 0 aliphatic carbocycles. The van der Waals surface area contributed by atoms with Crippen molar-refractivity contribution in [2.24, 2.45) is 0 Å². The molecule has 0 saturated carbocycles. The van der Waals surface area contributed by atoms with Crippen molar-refractivity contribution in [1.29, 1.82) is 0 Å². The second-order valence-electron chi connectivity index (χ2n) is 7.96. The minimum Gasteiger partial charge on any atom is -0.391 e. The van der Waals surface area contributed by atoms with Crippen LogP contribution >= 0.6 is 0 Å². The monoisotopic (exact) mass is 375 g/mol. The summed E-state index contributed by atoms with van der Waals surface area (Å²) in [5.41, 5.74) is 0.800. The number of hydrogen-bond donors (Lipinski definition) is 2. The Balaban J connectivity index is 2.44. The van der Waals surface area contributed by atoms with E-state index in [9.17, 15) is 15.0 Å². The minimum absolute atomic E-state index is 0.0483. The first-order valence-electron chi connectivity index (χ1n) is 10.8. The highest BCUT2D eigenvalue weighted by molar-refractivity contribution is 5.99. The fourth-order valence-corrected chi connectivity index (χ4v) is 4.40.